The summed E-state index contributed by atoms with van der Waals surface area (Å²) >= 11 is 8.77. The highest BCUT2D eigenvalue weighted by Crippen LogP contribution is 2.35. The van der Waals surface area contributed by atoms with Gasteiger partial charge < -0.3 is 9.47 Å². The van der Waals surface area contributed by atoms with E-state index >= 15 is 0 Å². The second-order valence-corrected chi connectivity index (χ2v) is 7.88. The second-order valence-electron chi connectivity index (χ2n) is 6.63. The summed E-state index contributed by atoms with van der Waals surface area (Å²) in [6.45, 7) is 6.17. The van der Waals surface area contributed by atoms with Crippen LogP contribution in [0.2, 0.25) is 0 Å². The molecular formula is C22H21BrN2O4S. The molecule has 0 saturated carbocycles. The number of ether oxygens (including phenoxy) is 2. The summed E-state index contributed by atoms with van der Waals surface area (Å²) < 4.78 is 11.6. The van der Waals surface area contributed by atoms with Gasteiger partial charge in [0.1, 0.15) is 5.57 Å². The molecule has 0 aliphatic carbocycles. The molecule has 1 aliphatic heterocycles. The quantitative estimate of drug-likeness (QED) is 0.385. The van der Waals surface area contributed by atoms with Gasteiger partial charge in [-0.3, -0.25) is 19.8 Å². The fourth-order valence-electron chi connectivity index (χ4n) is 3.10. The van der Waals surface area contributed by atoms with E-state index in [1.54, 1.807) is 25.3 Å². The van der Waals surface area contributed by atoms with Crippen molar-refractivity contribution in [2.75, 3.05) is 18.6 Å². The third kappa shape index (κ3) is 4.11. The molecule has 8 heteroatoms. The lowest BCUT2D eigenvalue weighted by Gasteiger charge is -2.30. The van der Waals surface area contributed by atoms with Crippen molar-refractivity contribution in [2.45, 2.75) is 20.8 Å². The molecule has 2 amide bonds. The number of amides is 2. The number of carbonyl (C=O) groups is 2. The zero-order valence-corrected chi connectivity index (χ0v) is 19.4. The van der Waals surface area contributed by atoms with Crippen LogP contribution in [-0.2, 0) is 9.59 Å². The molecule has 0 aromatic heterocycles. The standard InChI is InChI=1S/C22H21BrN2O4S/c1-5-29-19-10-14(16(23)11-18(19)28-4)9-15-20(26)24-22(30)25(21(15)27)17-8-6-7-12(2)13(17)3/h6-11H,5H2,1-4H3,(H,24,26,30)/b15-9+. The van der Waals surface area contributed by atoms with Crippen LogP contribution in [0.25, 0.3) is 6.08 Å². The molecule has 0 radical (unpaired) electrons. The molecule has 1 heterocycles. The zero-order chi connectivity index (χ0) is 22.0. The molecule has 0 spiro atoms. The van der Waals surface area contributed by atoms with Crippen molar-refractivity contribution in [3.63, 3.8) is 0 Å². The van der Waals surface area contributed by atoms with E-state index in [1.165, 1.54) is 11.0 Å². The Labute approximate surface area is 189 Å². The smallest absolute Gasteiger partial charge is 0.270 e. The fourth-order valence-corrected chi connectivity index (χ4v) is 3.81. The van der Waals surface area contributed by atoms with Crippen molar-refractivity contribution < 1.29 is 19.1 Å². The average Bonchev–Trinajstić information content (AvgIpc) is 2.70. The molecular weight excluding hydrogens is 468 g/mol. The van der Waals surface area contributed by atoms with Crippen LogP contribution in [0.1, 0.15) is 23.6 Å². The van der Waals surface area contributed by atoms with Crippen LogP contribution in [0.4, 0.5) is 5.69 Å². The third-order valence-corrected chi connectivity index (χ3v) is 5.77. The predicted octanol–water partition coefficient (Wildman–Crippen LogP) is 4.30. The first kappa shape index (κ1) is 22.0. The fraction of sp³-hybridized carbons (Fsp3) is 0.227. The molecule has 30 heavy (non-hydrogen) atoms. The lowest BCUT2D eigenvalue weighted by atomic mass is 10.0. The van der Waals surface area contributed by atoms with Crippen molar-refractivity contribution in [2.24, 2.45) is 0 Å². The normalized spacial score (nSPS) is 15.4. The first-order chi connectivity index (χ1) is 14.3. The Morgan fingerprint density at radius 2 is 1.93 bits per heavy atom. The van der Waals surface area contributed by atoms with E-state index in [4.69, 9.17) is 21.7 Å². The van der Waals surface area contributed by atoms with Gasteiger partial charge in [0.25, 0.3) is 11.8 Å². The first-order valence-electron chi connectivity index (χ1n) is 9.26. The number of hydrogen-bond donors (Lipinski definition) is 1. The van der Waals surface area contributed by atoms with Gasteiger partial charge in [-0.05, 0) is 74.0 Å². The molecule has 1 saturated heterocycles. The van der Waals surface area contributed by atoms with Crippen molar-refractivity contribution in [3.8, 4) is 11.5 Å². The number of rotatable bonds is 5. The van der Waals surface area contributed by atoms with Crippen LogP contribution in [-0.4, -0.2) is 30.6 Å². The van der Waals surface area contributed by atoms with Gasteiger partial charge >= 0.3 is 0 Å². The van der Waals surface area contributed by atoms with Gasteiger partial charge in [0.2, 0.25) is 0 Å². The number of anilines is 1. The van der Waals surface area contributed by atoms with Gasteiger partial charge in [-0.1, -0.05) is 28.1 Å². The number of nitrogens with one attached hydrogen (secondary N) is 1. The monoisotopic (exact) mass is 488 g/mol. The van der Waals surface area contributed by atoms with Gasteiger partial charge in [0.05, 0.1) is 19.4 Å². The van der Waals surface area contributed by atoms with Crippen molar-refractivity contribution >= 4 is 56.8 Å². The van der Waals surface area contributed by atoms with Gasteiger partial charge in [-0.15, -0.1) is 0 Å². The lowest BCUT2D eigenvalue weighted by molar-refractivity contribution is -0.122. The van der Waals surface area contributed by atoms with Gasteiger partial charge in [0, 0.05) is 4.47 Å². The molecule has 0 atom stereocenters. The Morgan fingerprint density at radius 3 is 2.60 bits per heavy atom. The summed E-state index contributed by atoms with van der Waals surface area (Å²) in [6, 6.07) is 9.06. The Hall–Kier alpha value is -2.71. The molecule has 6 nitrogen and oxygen atoms in total. The Kier molecular flexibility index (Phi) is 6.58. The van der Waals surface area contributed by atoms with Crippen LogP contribution < -0.4 is 19.7 Å². The minimum absolute atomic E-state index is 0.0298. The number of carbonyl (C=O) groups excluding carboxylic acids is 2. The molecule has 1 aliphatic rings. The van der Waals surface area contributed by atoms with E-state index in [2.05, 4.69) is 21.2 Å². The summed E-state index contributed by atoms with van der Waals surface area (Å²) in [5.41, 5.74) is 3.14. The van der Waals surface area contributed by atoms with E-state index < -0.39 is 11.8 Å². The molecule has 1 N–H and O–H groups in total. The average molecular weight is 489 g/mol. The van der Waals surface area contributed by atoms with Crippen molar-refractivity contribution in [1.29, 1.82) is 0 Å². The van der Waals surface area contributed by atoms with E-state index in [9.17, 15) is 9.59 Å². The molecule has 0 bridgehead atoms. The summed E-state index contributed by atoms with van der Waals surface area (Å²) in [5, 5.41) is 2.67. The minimum Gasteiger partial charge on any atom is -0.493 e. The molecule has 1 fully saturated rings. The molecule has 2 aromatic carbocycles. The first-order valence-corrected chi connectivity index (χ1v) is 10.5. The van der Waals surface area contributed by atoms with E-state index in [0.29, 0.717) is 33.8 Å². The predicted molar refractivity (Wildman–Crippen MR) is 124 cm³/mol. The maximum absolute atomic E-state index is 13.3. The largest absolute Gasteiger partial charge is 0.493 e. The van der Waals surface area contributed by atoms with E-state index in [0.717, 1.165) is 11.1 Å². The van der Waals surface area contributed by atoms with Crippen molar-refractivity contribution in [1.82, 2.24) is 5.32 Å². The Morgan fingerprint density at radius 1 is 1.20 bits per heavy atom. The molecule has 156 valence electrons. The Bertz CT molecular complexity index is 1080. The number of hydrogen-bond acceptors (Lipinski definition) is 5. The van der Waals surface area contributed by atoms with Crippen LogP contribution in [0.15, 0.2) is 40.4 Å². The van der Waals surface area contributed by atoms with Crippen LogP contribution in [0.3, 0.4) is 0 Å². The SMILES string of the molecule is CCOc1cc(/C=C2\C(=O)NC(=S)N(c3cccc(C)c3C)C2=O)c(Br)cc1OC. The Balaban J connectivity index is 2.09. The maximum atomic E-state index is 13.3. The van der Waals surface area contributed by atoms with Crippen LogP contribution >= 0.6 is 28.1 Å². The van der Waals surface area contributed by atoms with E-state index in [1.807, 2.05) is 32.9 Å². The highest BCUT2D eigenvalue weighted by molar-refractivity contribution is 9.10. The summed E-state index contributed by atoms with van der Waals surface area (Å²) in [6.07, 6.45) is 1.52. The molecule has 0 unspecified atom stereocenters. The number of thiocarbonyl (C=S) groups is 1. The van der Waals surface area contributed by atoms with Gasteiger partial charge in [-0.2, -0.15) is 0 Å². The molecule has 3 rings (SSSR count). The highest BCUT2D eigenvalue weighted by atomic mass is 79.9. The molecule has 2 aromatic rings. The summed E-state index contributed by atoms with van der Waals surface area (Å²) in [7, 11) is 1.55. The third-order valence-electron chi connectivity index (χ3n) is 4.80. The lowest BCUT2D eigenvalue weighted by Crippen LogP contribution is -2.54. The van der Waals surface area contributed by atoms with Crippen LogP contribution in [0, 0.1) is 13.8 Å². The highest BCUT2D eigenvalue weighted by Gasteiger charge is 2.35. The zero-order valence-electron chi connectivity index (χ0n) is 17.0. The van der Waals surface area contributed by atoms with Crippen molar-refractivity contribution in [3.05, 3.63) is 57.1 Å². The number of aryl methyl sites for hydroxylation is 1. The summed E-state index contributed by atoms with van der Waals surface area (Å²) in [5.74, 6) is 0.0227. The number of methoxy groups -OCH3 is 1. The maximum Gasteiger partial charge on any atom is 0.270 e. The number of benzene rings is 2. The summed E-state index contributed by atoms with van der Waals surface area (Å²) in [4.78, 5) is 27.3. The number of halogens is 1. The van der Waals surface area contributed by atoms with Gasteiger partial charge in [-0.25, -0.2) is 0 Å². The second kappa shape index (κ2) is 8.97. The van der Waals surface area contributed by atoms with Gasteiger partial charge in [0.15, 0.2) is 16.6 Å². The minimum atomic E-state index is -0.549. The van der Waals surface area contributed by atoms with Crippen LogP contribution in [0.5, 0.6) is 11.5 Å². The van der Waals surface area contributed by atoms with E-state index in [-0.39, 0.29) is 10.7 Å². The topological polar surface area (TPSA) is 67.9 Å². The number of nitrogens with zero attached hydrogens (tertiary/aromatic N) is 1.